The topological polar surface area (TPSA) is 109 Å². The molecule has 0 saturated carbocycles. The Kier molecular flexibility index (Phi) is 8.19. The second-order valence-electron chi connectivity index (χ2n) is 8.60. The average Bonchev–Trinajstić information content (AvgIpc) is 3.03. The number of hydrogen-bond acceptors (Lipinski definition) is 6. The standard InChI is InChI=1S/C32H24N6O2/c39-31(37-35-29(23-9-3-1-4-10-23)27-13-7-19-33-21-27)25-15-17-26(18-16-25)32(40)38-36-30(24-11-5-2-6-12-24)28-14-8-20-34-22-28/h1-22H,(H,37,39)(H,38,40). The van der Waals surface area contributed by atoms with Gasteiger partial charge in [0.15, 0.2) is 0 Å². The van der Waals surface area contributed by atoms with E-state index in [9.17, 15) is 9.59 Å². The second kappa shape index (κ2) is 12.7. The van der Waals surface area contributed by atoms with Gasteiger partial charge in [0, 0.05) is 58.2 Å². The highest BCUT2D eigenvalue weighted by Gasteiger charge is 2.12. The number of carbonyl (C=O) groups is 2. The van der Waals surface area contributed by atoms with E-state index in [2.05, 4.69) is 31.0 Å². The molecule has 8 heteroatoms. The normalized spacial score (nSPS) is 11.5. The van der Waals surface area contributed by atoms with Gasteiger partial charge in [0.05, 0.1) is 11.4 Å². The van der Waals surface area contributed by atoms with Crippen molar-refractivity contribution < 1.29 is 9.59 Å². The maximum atomic E-state index is 12.9. The quantitative estimate of drug-likeness (QED) is 0.224. The van der Waals surface area contributed by atoms with Crippen LogP contribution in [0.1, 0.15) is 43.0 Å². The predicted octanol–water partition coefficient (Wildman–Crippen LogP) is 4.84. The molecule has 0 aliphatic heterocycles. The van der Waals surface area contributed by atoms with E-state index in [0.29, 0.717) is 22.6 Å². The van der Waals surface area contributed by atoms with Gasteiger partial charge in [-0.15, -0.1) is 0 Å². The smallest absolute Gasteiger partial charge is 0.267 e. The summed E-state index contributed by atoms with van der Waals surface area (Å²) in [5.74, 6) is -0.824. The Balaban J connectivity index is 1.30. The molecule has 5 aromatic rings. The van der Waals surface area contributed by atoms with Gasteiger partial charge in [-0.05, 0) is 48.5 Å². The number of hydrazone groups is 2. The van der Waals surface area contributed by atoms with E-state index >= 15 is 0 Å². The van der Waals surface area contributed by atoms with E-state index < -0.39 is 11.8 Å². The molecule has 194 valence electrons. The van der Waals surface area contributed by atoms with E-state index in [-0.39, 0.29) is 0 Å². The van der Waals surface area contributed by atoms with Crippen molar-refractivity contribution in [2.24, 2.45) is 10.2 Å². The van der Waals surface area contributed by atoms with Crippen molar-refractivity contribution in [2.75, 3.05) is 0 Å². The lowest BCUT2D eigenvalue weighted by Crippen LogP contribution is -2.22. The van der Waals surface area contributed by atoms with Crippen LogP contribution in [0.2, 0.25) is 0 Å². The van der Waals surface area contributed by atoms with Gasteiger partial charge >= 0.3 is 0 Å². The largest absolute Gasteiger partial charge is 0.271 e. The molecular weight excluding hydrogens is 500 g/mol. The summed E-state index contributed by atoms with van der Waals surface area (Å²) in [6.07, 6.45) is 6.72. The van der Waals surface area contributed by atoms with Crippen LogP contribution in [0.3, 0.4) is 0 Å². The summed E-state index contributed by atoms with van der Waals surface area (Å²) in [5.41, 5.74) is 10.3. The van der Waals surface area contributed by atoms with Crippen LogP contribution >= 0.6 is 0 Å². The molecule has 0 saturated heterocycles. The van der Waals surface area contributed by atoms with E-state index in [1.54, 1.807) is 49.1 Å². The van der Waals surface area contributed by atoms with E-state index in [1.165, 1.54) is 0 Å². The first-order valence-corrected chi connectivity index (χ1v) is 12.5. The van der Waals surface area contributed by atoms with Crippen molar-refractivity contribution in [1.82, 2.24) is 20.8 Å². The van der Waals surface area contributed by atoms with Crippen LogP contribution in [0, 0.1) is 0 Å². The first kappa shape index (κ1) is 25.9. The summed E-state index contributed by atoms with van der Waals surface area (Å²) in [4.78, 5) is 34.0. The predicted molar refractivity (Wildman–Crippen MR) is 154 cm³/mol. The molecule has 2 heterocycles. The van der Waals surface area contributed by atoms with Crippen molar-refractivity contribution in [1.29, 1.82) is 0 Å². The monoisotopic (exact) mass is 524 g/mol. The van der Waals surface area contributed by atoms with Crippen molar-refractivity contribution >= 4 is 23.2 Å². The fourth-order valence-electron chi connectivity index (χ4n) is 3.90. The number of carbonyl (C=O) groups excluding carboxylic acids is 2. The summed E-state index contributed by atoms with van der Waals surface area (Å²) in [5, 5.41) is 8.76. The number of amides is 2. The highest BCUT2D eigenvalue weighted by molar-refractivity contribution is 6.14. The Bertz CT molecular complexity index is 1430. The average molecular weight is 525 g/mol. The Hall–Kier alpha value is -5.76. The minimum atomic E-state index is -0.412. The minimum absolute atomic E-state index is 0.350. The van der Waals surface area contributed by atoms with Crippen LogP contribution in [0.5, 0.6) is 0 Å². The Morgan fingerprint density at radius 3 is 1.18 bits per heavy atom. The molecule has 0 aliphatic rings. The Morgan fingerprint density at radius 1 is 0.450 bits per heavy atom. The van der Waals surface area contributed by atoms with Crippen molar-refractivity contribution in [3.63, 3.8) is 0 Å². The van der Waals surface area contributed by atoms with Gasteiger partial charge in [-0.25, -0.2) is 10.9 Å². The fourth-order valence-corrected chi connectivity index (χ4v) is 3.90. The van der Waals surface area contributed by atoms with Crippen molar-refractivity contribution in [3.8, 4) is 0 Å². The number of rotatable bonds is 8. The highest BCUT2D eigenvalue weighted by atomic mass is 16.2. The molecule has 2 aromatic heterocycles. The van der Waals surface area contributed by atoms with Crippen molar-refractivity contribution in [3.05, 3.63) is 167 Å². The first-order chi connectivity index (χ1) is 19.7. The van der Waals surface area contributed by atoms with Crippen LogP contribution in [0.4, 0.5) is 0 Å². The number of hydrogen-bond donors (Lipinski definition) is 2. The van der Waals surface area contributed by atoms with Gasteiger partial charge in [-0.2, -0.15) is 10.2 Å². The Morgan fingerprint density at radius 2 is 0.825 bits per heavy atom. The zero-order chi connectivity index (χ0) is 27.6. The SMILES string of the molecule is O=C(NN=C(c1ccccc1)c1cccnc1)c1ccc(C(=O)NN=C(c2ccccc2)c2cccnc2)cc1. The molecule has 0 fully saturated rings. The van der Waals surface area contributed by atoms with Gasteiger partial charge in [0.25, 0.3) is 11.8 Å². The molecule has 0 spiro atoms. The van der Waals surface area contributed by atoms with Gasteiger partial charge in [-0.1, -0.05) is 60.7 Å². The molecular formula is C32H24N6O2. The van der Waals surface area contributed by atoms with Crippen molar-refractivity contribution in [2.45, 2.75) is 0 Å². The summed E-state index contributed by atoms with van der Waals surface area (Å²) < 4.78 is 0. The second-order valence-corrected chi connectivity index (χ2v) is 8.60. The summed E-state index contributed by atoms with van der Waals surface area (Å²) in [6.45, 7) is 0. The molecule has 40 heavy (non-hydrogen) atoms. The molecule has 0 unspecified atom stereocenters. The van der Waals surface area contributed by atoms with Crippen LogP contribution < -0.4 is 10.9 Å². The first-order valence-electron chi connectivity index (χ1n) is 12.5. The molecule has 0 atom stereocenters. The van der Waals surface area contributed by atoms with Crippen LogP contribution in [-0.4, -0.2) is 33.2 Å². The summed E-state index contributed by atoms with van der Waals surface area (Å²) in [6, 6.07) is 32.7. The molecule has 3 aromatic carbocycles. The van der Waals surface area contributed by atoms with Gasteiger partial charge < -0.3 is 0 Å². The molecule has 0 radical (unpaired) electrons. The maximum Gasteiger partial charge on any atom is 0.271 e. The highest BCUT2D eigenvalue weighted by Crippen LogP contribution is 2.12. The molecule has 0 aliphatic carbocycles. The van der Waals surface area contributed by atoms with E-state index in [4.69, 9.17) is 0 Å². The number of aromatic nitrogens is 2. The number of nitrogens with one attached hydrogen (secondary N) is 2. The summed E-state index contributed by atoms with van der Waals surface area (Å²) >= 11 is 0. The zero-order valence-corrected chi connectivity index (χ0v) is 21.3. The third-order valence-corrected chi connectivity index (χ3v) is 5.91. The summed E-state index contributed by atoms with van der Waals surface area (Å²) in [7, 11) is 0. The third kappa shape index (κ3) is 6.38. The van der Waals surface area contributed by atoms with Gasteiger partial charge in [0.1, 0.15) is 0 Å². The Labute approximate surface area is 231 Å². The van der Waals surface area contributed by atoms with E-state index in [0.717, 1.165) is 22.3 Å². The number of pyridine rings is 2. The van der Waals surface area contributed by atoms with Gasteiger partial charge in [0.2, 0.25) is 0 Å². The molecule has 2 N–H and O–H groups in total. The lowest BCUT2D eigenvalue weighted by molar-refractivity contribution is 0.0943. The maximum absolute atomic E-state index is 12.9. The lowest BCUT2D eigenvalue weighted by atomic mass is 10.0. The van der Waals surface area contributed by atoms with Gasteiger partial charge in [-0.3, -0.25) is 19.6 Å². The lowest BCUT2D eigenvalue weighted by Gasteiger charge is -2.09. The third-order valence-electron chi connectivity index (χ3n) is 5.91. The molecule has 5 rings (SSSR count). The molecule has 2 amide bonds. The van der Waals surface area contributed by atoms with E-state index in [1.807, 2.05) is 84.9 Å². The van der Waals surface area contributed by atoms with Crippen LogP contribution in [0.15, 0.2) is 144 Å². The molecule has 0 bridgehead atoms. The zero-order valence-electron chi connectivity index (χ0n) is 21.3. The van der Waals surface area contributed by atoms with Crippen LogP contribution in [-0.2, 0) is 0 Å². The number of benzene rings is 3. The van der Waals surface area contributed by atoms with Crippen LogP contribution in [0.25, 0.3) is 0 Å². The minimum Gasteiger partial charge on any atom is -0.267 e. The number of nitrogens with zero attached hydrogens (tertiary/aromatic N) is 4. The fraction of sp³-hybridized carbons (Fsp3) is 0. The molecule has 8 nitrogen and oxygen atoms in total.